The molecule has 108 valence electrons. The van der Waals surface area contributed by atoms with Crippen LogP contribution in [0.2, 0.25) is 0 Å². The van der Waals surface area contributed by atoms with E-state index in [2.05, 4.69) is 20.6 Å². The van der Waals surface area contributed by atoms with Gasteiger partial charge >= 0.3 is 6.18 Å². The molecular formula is C11H17F3N4O. The minimum absolute atomic E-state index is 0.000180. The van der Waals surface area contributed by atoms with Crippen molar-refractivity contribution in [3.8, 4) is 0 Å². The van der Waals surface area contributed by atoms with Crippen LogP contribution in [0.25, 0.3) is 0 Å². The number of aromatic nitrogens is 2. The van der Waals surface area contributed by atoms with Gasteiger partial charge in [0, 0.05) is 19.7 Å². The Morgan fingerprint density at radius 1 is 1.26 bits per heavy atom. The van der Waals surface area contributed by atoms with E-state index in [0.29, 0.717) is 0 Å². The van der Waals surface area contributed by atoms with Gasteiger partial charge < -0.3 is 15.7 Å². The predicted octanol–water partition coefficient (Wildman–Crippen LogP) is 1.97. The van der Waals surface area contributed by atoms with E-state index in [1.807, 2.05) is 13.8 Å². The van der Waals surface area contributed by atoms with Crippen molar-refractivity contribution in [1.82, 2.24) is 9.97 Å². The van der Waals surface area contributed by atoms with Gasteiger partial charge in [-0.25, -0.2) is 9.97 Å². The maximum atomic E-state index is 12.6. The molecule has 3 N–H and O–H groups in total. The number of alkyl halides is 3. The fraction of sp³-hybridized carbons (Fsp3) is 0.636. The van der Waals surface area contributed by atoms with Crippen molar-refractivity contribution >= 4 is 11.6 Å². The highest BCUT2D eigenvalue weighted by Gasteiger charge is 2.35. The van der Waals surface area contributed by atoms with Crippen molar-refractivity contribution in [1.29, 1.82) is 0 Å². The third-order valence-corrected chi connectivity index (χ3v) is 2.50. The molecular weight excluding hydrogens is 261 g/mol. The third kappa shape index (κ3) is 4.55. The van der Waals surface area contributed by atoms with Gasteiger partial charge in [-0.15, -0.1) is 0 Å². The summed E-state index contributed by atoms with van der Waals surface area (Å²) in [5, 5.41) is 14.8. The Hall–Kier alpha value is -1.57. The second-order valence-electron chi connectivity index (χ2n) is 4.40. The van der Waals surface area contributed by atoms with Gasteiger partial charge in [0.2, 0.25) is 5.82 Å². The van der Waals surface area contributed by atoms with Crippen LogP contribution in [0.5, 0.6) is 0 Å². The van der Waals surface area contributed by atoms with Gasteiger partial charge in [-0.2, -0.15) is 13.2 Å². The van der Waals surface area contributed by atoms with Crippen molar-refractivity contribution in [2.75, 3.05) is 24.2 Å². The van der Waals surface area contributed by atoms with Crippen LogP contribution in [-0.4, -0.2) is 34.8 Å². The molecule has 1 rings (SSSR count). The quantitative estimate of drug-likeness (QED) is 0.768. The summed E-state index contributed by atoms with van der Waals surface area (Å²) in [5.41, 5.74) is 0. The van der Waals surface area contributed by atoms with Crippen molar-refractivity contribution in [3.63, 3.8) is 0 Å². The van der Waals surface area contributed by atoms with E-state index in [4.69, 9.17) is 0 Å². The molecule has 0 aliphatic carbocycles. The van der Waals surface area contributed by atoms with E-state index in [1.54, 1.807) is 0 Å². The molecule has 0 spiro atoms. The molecule has 0 saturated heterocycles. The number of rotatable bonds is 5. The first-order valence-electron chi connectivity index (χ1n) is 5.80. The number of halogens is 3. The van der Waals surface area contributed by atoms with Crippen molar-refractivity contribution in [2.45, 2.75) is 26.1 Å². The van der Waals surface area contributed by atoms with Crippen LogP contribution in [-0.2, 0) is 6.18 Å². The Balaban J connectivity index is 2.89. The van der Waals surface area contributed by atoms with Crippen LogP contribution in [0.1, 0.15) is 19.7 Å². The number of aliphatic hydroxyl groups is 1. The molecule has 0 aromatic carbocycles. The number of hydrogen-bond acceptors (Lipinski definition) is 5. The number of nitrogens with zero attached hydrogens (tertiary/aromatic N) is 2. The highest BCUT2D eigenvalue weighted by molar-refractivity contribution is 5.47. The van der Waals surface area contributed by atoms with E-state index in [-0.39, 0.29) is 24.1 Å². The SMILES string of the molecule is CNc1cc(NCC(O)C(C)C)nc(C(F)(F)F)n1. The Morgan fingerprint density at radius 2 is 1.84 bits per heavy atom. The Labute approximate surface area is 109 Å². The third-order valence-electron chi connectivity index (χ3n) is 2.50. The number of hydrogen-bond donors (Lipinski definition) is 3. The lowest BCUT2D eigenvalue weighted by Crippen LogP contribution is -2.25. The Bertz CT molecular complexity index is 423. The lowest BCUT2D eigenvalue weighted by Gasteiger charge is -2.16. The standard InChI is InChI=1S/C11H17F3N4O/c1-6(2)7(19)5-16-9-4-8(15-3)17-10(18-9)11(12,13)14/h4,6-7,19H,5H2,1-3H3,(H2,15,16,17,18). The van der Waals surface area contributed by atoms with Crippen LogP contribution >= 0.6 is 0 Å². The van der Waals surface area contributed by atoms with Crippen LogP contribution in [0, 0.1) is 5.92 Å². The molecule has 5 nitrogen and oxygen atoms in total. The van der Waals surface area contributed by atoms with Gasteiger partial charge in [0.25, 0.3) is 0 Å². The number of aliphatic hydroxyl groups excluding tert-OH is 1. The Kier molecular flexibility index (Phi) is 4.93. The van der Waals surface area contributed by atoms with Crippen LogP contribution in [0.3, 0.4) is 0 Å². The van der Waals surface area contributed by atoms with E-state index >= 15 is 0 Å². The molecule has 1 aromatic heterocycles. The van der Waals surface area contributed by atoms with Gasteiger partial charge in [-0.05, 0) is 5.92 Å². The molecule has 1 aromatic rings. The fourth-order valence-electron chi connectivity index (χ4n) is 1.24. The molecule has 0 bridgehead atoms. The molecule has 0 amide bonds. The van der Waals surface area contributed by atoms with Crippen molar-refractivity contribution in [2.24, 2.45) is 5.92 Å². The molecule has 1 unspecified atom stereocenters. The molecule has 1 heterocycles. The van der Waals surface area contributed by atoms with E-state index in [9.17, 15) is 18.3 Å². The summed E-state index contributed by atoms with van der Waals surface area (Å²) >= 11 is 0. The molecule has 0 saturated carbocycles. The smallest absolute Gasteiger partial charge is 0.391 e. The second kappa shape index (κ2) is 6.05. The average Bonchev–Trinajstić information content (AvgIpc) is 2.34. The van der Waals surface area contributed by atoms with Gasteiger partial charge in [0.1, 0.15) is 11.6 Å². The zero-order valence-electron chi connectivity index (χ0n) is 10.9. The van der Waals surface area contributed by atoms with Crippen molar-refractivity contribution in [3.05, 3.63) is 11.9 Å². The summed E-state index contributed by atoms with van der Waals surface area (Å²) in [6.07, 6.45) is -5.28. The molecule has 1 atom stereocenters. The molecule has 19 heavy (non-hydrogen) atoms. The maximum absolute atomic E-state index is 12.6. The molecule has 0 aliphatic rings. The number of anilines is 2. The molecule has 8 heteroatoms. The second-order valence-corrected chi connectivity index (χ2v) is 4.40. The van der Waals surface area contributed by atoms with Crippen molar-refractivity contribution < 1.29 is 18.3 Å². The summed E-state index contributed by atoms with van der Waals surface area (Å²) in [5.74, 6) is -1.14. The van der Waals surface area contributed by atoms with Gasteiger partial charge in [-0.3, -0.25) is 0 Å². The normalized spacial score (nSPS) is 13.5. The first-order chi connectivity index (χ1) is 8.74. The average molecular weight is 278 g/mol. The van der Waals surface area contributed by atoms with Crippen LogP contribution < -0.4 is 10.6 Å². The fourth-order valence-corrected chi connectivity index (χ4v) is 1.24. The summed E-state index contributed by atoms with van der Waals surface area (Å²) in [4.78, 5) is 6.72. The summed E-state index contributed by atoms with van der Waals surface area (Å²) in [6, 6.07) is 1.35. The predicted molar refractivity (Wildman–Crippen MR) is 65.9 cm³/mol. The largest absolute Gasteiger partial charge is 0.451 e. The summed E-state index contributed by atoms with van der Waals surface area (Å²) in [7, 11) is 1.47. The maximum Gasteiger partial charge on any atom is 0.451 e. The summed E-state index contributed by atoms with van der Waals surface area (Å²) < 4.78 is 37.7. The Morgan fingerprint density at radius 3 is 2.32 bits per heavy atom. The van der Waals surface area contributed by atoms with E-state index in [0.717, 1.165) is 0 Å². The lowest BCUT2D eigenvalue weighted by molar-refractivity contribution is -0.144. The van der Waals surface area contributed by atoms with Gasteiger partial charge in [-0.1, -0.05) is 13.8 Å². The summed E-state index contributed by atoms with van der Waals surface area (Å²) in [6.45, 7) is 3.74. The molecule has 0 radical (unpaired) electrons. The zero-order chi connectivity index (χ0) is 14.6. The highest BCUT2D eigenvalue weighted by Crippen LogP contribution is 2.28. The van der Waals surface area contributed by atoms with E-state index < -0.39 is 18.1 Å². The molecule has 0 fully saturated rings. The monoisotopic (exact) mass is 278 g/mol. The van der Waals surface area contributed by atoms with Crippen LogP contribution in [0.15, 0.2) is 6.07 Å². The van der Waals surface area contributed by atoms with Crippen LogP contribution in [0.4, 0.5) is 24.8 Å². The lowest BCUT2D eigenvalue weighted by atomic mass is 10.1. The van der Waals surface area contributed by atoms with E-state index in [1.165, 1.54) is 13.1 Å². The molecule has 0 aliphatic heterocycles. The van der Waals surface area contributed by atoms with Gasteiger partial charge in [0.15, 0.2) is 0 Å². The minimum atomic E-state index is -4.61. The minimum Gasteiger partial charge on any atom is -0.391 e. The first-order valence-corrected chi connectivity index (χ1v) is 5.80. The zero-order valence-corrected chi connectivity index (χ0v) is 10.9. The topological polar surface area (TPSA) is 70.1 Å². The first kappa shape index (κ1) is 15.5. The number of nitrogens with one attached hydrogen (secondary N) is 2. The van der Waals surface area contributed by atoms with Gasteiger partial charge in [0.05, 0.1) is 6.10 Å². The highest BCUT2D eigenvalue weighted by atomic mass is 19.4.